The van der Waals surface area contributed by atoms with Crippen LogP contribution in [0.5, 0.6) is 0 Å². The molecule has 0 spiro atoms. The van der Waals surface area contributed by atoms with Gasteiger partial charge in [0.1, 0.15) is 5.82 Å². The fraction of sp³-hybridized carbons (Fsp3) is 0.500. The minimum Gasteiger partial charge on any atom is -0.478 e. The molecule has 1 aliphatic rings. The zero-order valence-electron chi connectivity index (χ0n) is 16.4. The van der Waals surface area contributed by atoms with Gasteiger partial charge in [0.15, 0.2) is 0 Å². The quantitative estimate of drug-likeness (QED) is 0.775. The smallest absolute Gasteiger partial charge is 0.337 e. The van der Waals surface area contributed by atoms with E-state index < -0.39 is 5.97 Å². The monoisotopic (exact) mass is 372 g/mol. The number of nitrogens with zero attached hydrogens (tertiary/aromatic N) is 1. The Balaban J connectivity index is 1.89. The first-order valence-corrected chi connectivity index (χ1v) is 9.78. The minimum atomic E-state index is -0.920. The largest absolute Gasteiger partial charge is 0.478 e. The van der Waals surface area contributed by atoms with Gasteiger partial charge in [-0.15, -0.1) is 0 Å². The van der Waals surface area contributed by atoms with Gasteiger partial charge in [0.05, 0.1) is 12.1 Å². The summed E-state index contributed by atoms with van der Waals surface area (Å²) in [5.41, 5.74) is 3.30. The van der Waals surface area contributed by atoms with Gasteiger partial charge in [-0.1, -0.05) is 38.0 Å². The molecule has 2 N–H and O–H groups in total. The maximum atomic E-state index is 14.1. The number of hydrogen-bond donors (Lipinski definition) is 2. The maximum absolute atomic E-state index is 14.1. The third kappa shape index (κ3) is 4.08. The van der Waals surface area contributed by atoms with E-state index in [-0.39, 0.29) is 5.82 Å². The van der Waals surface area contributed by atoms with Gasteiger partial charge < -0.3 is 15.0 Å². The van der Waals surface area contributed by atoms with E-state index in [1.54, 1.807) is 18.2 Å². The van der Waals surface area contributed by atoms with Crippen molar-refractivity contribution in [3.8, 4) is 0 Å². The Hall–Kier alpha value is -2.14. The molecule has 0 radical (unpaired) electrons. The van der Waals surface area contributed by atoms with Gasteiger partial charge in [-0.2, -0.15) is 0 Å². The number of carbonyl (C=O) groups is 1. The molecule has 1 aliphatic carbocycles. The lowest BCUT2D eigenvalue weighted by Crippen LogP contribution is -2.37. The second kappa shape index (κ2) is 8.26. The molecule has 27 heavy (non-hydrogen) atoms. The first kappa shape index (κ1) is 19.6. The third-order valence-electron chi connectivity index (χ3n) is 6.06. The Bertz CT molecular complexity index is 828. The van der Waals surface area contributed by atoms with Crippen LogP contribution in [0.2, 0.25) is 0 Å². The third-order valence-corrected chi connectivity index (χ3v) is 6.06. The van der Waals surface area contributed by atoms with Crippen LogP contribution in [0.25, 0.3) is 0 Å². The summed E-state index contributed by atoms with van der Waals surface area (Å²) < 4.78 is 16.0. The highest BCUT2D eigenvalue weighted by Crippen LogP contribution is 2.27. The van der Waals surface area contributed by atoms with Crippen molar-refractivity contribution in [1.82, 2.24) is 9.88 Å². The van der Waals surface area contributed by atoms with Crippen molar-refractivity contribution in [2.24, 2.45) is 5.92 Å². The van der Waals surface area contributed by atoms with Gasteiger partial charge in [-0.25, -0.2) is 9.18 Å². The van der Waals surface area contributed by atoms with Crippen molar-refractivity contribution in [2.75, 3.05) is 0 Å². The Morgan fingerprint density at radius 2 is 1.93 bits per heavy atom. The molecule has 5 heteroatoms. The van der Waals surface area contributed by atoms with Crippen LogP contribution in [0, 0.1) is 25.6 Å². The van der Waals surface area contributed by atoms with Crippen molar-refractivity contribution in [3.63, 3.8) is 0 Å². The number of carboxylic acid groups (broad SMARTS) is 1. The van der Waals surface area contributed by atoms with Crippen LogP contribution in [0.3, 0.4) is 0 Å². The van der Waals surface area contributed by atoms with Crippen LogP contribution in [0.15, 0.2) is 24.3 Å². The van der Waals surface area contributed by atoms with E-state index in [1.165, 1.54) is 25.3 Å². The molecule has 0 bridgehead atoms. The minimum absolute atomic E-state index is 0.266. The molecule has 0 amide bonds. The lowest BCUT2D eigenvalue weighted by atomic mass is 9.86. The van der Waals surface area contributed by atoms with E-state index in [1.807, 2.05) is 18.4 Å². The van der Waals surface area contributed by atoms with Crippen molar-refractivity contribution >= 4 is 5.97 Å². The molecular formula is C22H29FN2O2. The summed E-state index contributed by atoms with van der Waals surface area (Å²) in [6.07, 6.45) is 4.85. The Labute approximate surface area is 160 Å². The molecule has 146 valence electrons. The Morgan fingerprint density at radius 3 is 2.59 bits per heavy atom. The standard InChI is InChI=1S/C22H29FN2O2/c1-14-8-4-7-11-20(14)24-12-18-15(2)25(16(3)21(18)22(26)27)13-17-9-5-6-10-19(17)23/h5-6,9-10,14,20,24H,4,7-8,11-13H2,1-3H3,(H,26,27)/t14-,20-/m1/s1. The first-order chi connectivity index (χ1) is 12.9. The summed E-state index contributed by atoms with van der Waals surface area (Å²) in [7, 11) is 0. The molecule has 1 fully saturated rings. The van der Waals surface area contributed by atoms with E-state index in [9.17, 15) is 14.3 Å². The van der Waals surface area contributed by atoms with Crippen molar-refractivity contribution in [1.29, 1.82) is 0 Å². The summed E-state index contributed by atoms with van der Waals surface area (Å²) in [6.45, 7) is 6.88. The highest BCUT2D eigenvalue weighted by molar-refractivity contribution is 5.91. The number of halogens is 1. The molecule has 1 aromatic heterocycles. The van der Waals surface area contributed by atoms with E-state index in [0.717, 1.165) is 17.7 Å². The Kier molecular flexibility index (Phi) is 6.00. The molecule has 0 aliphatic heterocycles. The molecule has 0 unspecified atom stereocenters. The summed E-state index contributed by atoms with van der Waals surface area (Å²) in [4.78, 5) is 11.9. The highest BCUT2D eigenvalue weighted by atomic mass is 19.1. The number of nitrogens with one attached hydrogen (secondary N) is 1. The van der Waals surface area contributed by atoms with Crippen molar-refractivity contribution in [3.05, 3.63) is 58.2 Å². The average Bonchev–Trinajstić information content (AvgIpc) is 2.87. The zero-order chi connectivity index (χ0) is 19.6. The van der Waals surface area contributed by atoms with Crippen LogP contribution >= 0.6 is 0 Å². The molecule has 2 aromatic rings. The number of benzene rings is 1. The number of aromatic carboxylic acids is 1. The van der Waals surface area contributed by atoms with E-state index in [2.05, 4.69) is 12.2 Å². The number of hydrogen-bond acceptors (Lipinski definition) is 2. The van der Waals surface area contributed by atoms with Gasteiger partial charge in [-0.05, 0) is 38.7 Å². The van der Waals surface area contributed by atoms with E-state index in [4.69, 9.17) is 0 Å². The molecule has 4 nitrogen and oxygen atoms in total. The van der Waals surface area contributed by atoms with Gasteiger partial charge in [-0.3, -0.25) is 0 Å². The van der Waals surface area contributed by atoms with Crippen LogP contribution < -0.4 is 5.32 Å². The average molecular weight is 372 g/mol. The molecule has 1 aromatic carbocycles. The topological polar surface area (TPSA) is 54.3 Å². The number of carboxylic acids is 1. The molecular weight excluding hydrogens is 343 g/mol. The fourth-order valence-electron chi connectivity index (χ4n) is 4.34. The molecule has 3 rings (SSSR count). The predicted octanol–water partition coefficient (Wildman–Crippen LogP) is 4.66. The van der Waals surface area contributed by atoms with Crippen molar-refractivity contribution in [2.45, 2.75) is 65.6 Å². The normalized spacial score (nSPS) is 20.0. The fourth-order valence-corrected chi connectivity index (χ4v) is 4.34. The first-order valence-electron chi connectivity index (χ1n) is 9.78. The summed E-state index contributed by atoms with van der Waals surface area (Å²) >= 11 is 0. The molecule has 1 saturated carbocycles. The van der Waals surface area contributed by atoms with E-state index >= 15 is 0 Å². The van der Waals surface area contributed by atoms with Gasteiger partial charge >= 0.3 is 5.97 Å². The SMILES string of the molecule is Cc1c(CN[C@@H]2CCCC[C@H]2C)c(C(=O)O)c(C)n1Cc1ccccc1F. The second-order valence-electron chi connectivity index (χ2n) is 7.76. The summed E-state index contributed by atoms with van der Waals surface area (Å²) in [6, 6.07) is 7.08. The number of rotatable bonds is 6. The van der Waals surface area contributed by atoms with Gasteiger partial charge in [0, 0.05) is 35.1 Å². The highest BCUT2D eigenvalue weighted by Gasteiger charge is 2.25. The van der Waals surface area contributed by atoms with Crippen LogP contribution in [-0.4, -0.2) is 21.7 Å². The van der Waals surface area contributed by atoms with E-state index in [0.29, 0.717) is 41.9 Å². The number of aromatic nitrogens is 1. The Morgan fingerprint density at radius 1 is 1.22 bits per heavy atom. The van der Waals surface area contributed by atoms with Gasteiger partial charge in [0.2, 0.25) is 0 Å². The molecule has 1 heterocycles. The van der Waals surface area contributed by atoms with Gasteiger partial charge in [0.25, 0.3) is 0 Å². The molecule has 2 atom stereocenters. The summed E-state index contributed by atoms with van der Waals surface area (Å²) in [5.74, 6) is -0.581. The lowest BCUT2D eigenvalue weighted by molar-refractivity contribution is 0.0694. The summed E-state index contributed by atoms with van der Waals surface area (Å²) in [5, 5.41) is 13.4. The zero-order valence-corrected chi connectivity index (χ0v) is 16.4. The van der Waals surface area contributed by atoms with Crippen LogP contribution in [0.4, 0.5) is 4.39 Å². The predicted molar refractivity (Wildman–Crippen MR) is 105 cm³/mol. The van der Waals surface area contributed by atoms with Crippen LogP contribution in [-0.2, 0) is 13.1 Å². The maximum Gasteiger partial charge on any atom is 0.337 e. The van der Waals surface area contributed by atoms with Crippen LogP contribution in [0.1, 0.15) is 65.5 Å². The molecule has 0 saturated heterocycles. The lowest BCUT2D eigenvalue weighted by Gasteiger charge is -2.29. The van der Waals surface area contributed by atoms with Crippen molar-refractivity contribution < 1.29 is 14.3 Å². The second-order valence-corrected chi connectivity index (χ2v) is 7.76.